The van der Waals surface area contributed by atoms with Crippen LogP contribution in [-0.4, -0.2) is 42.5 Å². The Hall–Kier alpha value is -3.53. The molecule has 184 valence electrons. The molecule has 9 heteroatoms. The lowest BCUT2D eigenvalue weighted by Crippen LogP contribution is -2.43. The molecular weight excluding hydrogens is 447 g/mol. The van der Waals surface area contributed by atoms with Crippen molar-refractivity contribution < 1.29 is 14.3 Å². The number of halogens is 1. The van der Waals surface area contributed by atoms with Gasteiger partial charge in [-0.1, -0.05) is 17.7 Å². The van der Waals surface area contributed by atoms with Crippen molar-refractivity contribution in [3.8, 4) is 16.9 Å². The fourth-order valence-corrected chi connectivity index (χ4v) is 4.26. The maximum atomic E-state index is 15.7. The highest BCUT2D eigenvalue weighted by Crippen LogP contribution is 2.37. The van der Waals surface area contributed by atoms with Gasteiger partial charge in [0.1, 0.15) is 11.5 Å². The monoisotopic (exact) mass is 478 g/mol. The Morgan fingerprint density at radius 2 is 2.09 bits per heavy atom. The summed E-state index contributed by atoms with van der Waals surface area (Å²) in [4.78, 5) is 15.9. The van der Waals surface area contributed by atoms with Crippen molar-refractivity contribution in [2.75, 3.05) is 31.8 Å². The molecule has 1 aromatic heterocycles. The second kappa shape index (κ2) is 9.61. The lowest BCUT2D eigenvalue weighted by molar-refractivity contribution is -0.0314. The molecule has 0 atom stereocenters. The molecule has 1 aliphatic heterocycles. The Kier molecular flexibility index (Phi) is 6.75. The Morgan fingerprint density at radius 3 is 2.77 bits per heavy atom. The summed E-state index contributed by atoms with van der Waals surface area (Å²) in [5.74, 6) is 0.300. The lowest BCUT2D eigenvalue weighted by atomic mass is 9.89. The molecule has 8 nitrogen and oxygen atoms in total. The summed E-state index contributed by atoms with van der Waals surface area (Å²) in [6.45, 7) is 4.08. The molecule has 0 amide bonds. The maximum Gasteiger partial charge on any atom is 0.171 e. The third kappa shape index (κ3) is 4.97. The highest BCUT2D eigenvalue weighted by molar-refractivity contribution is 5.97. The van der Waals surface area contributed by atoms with Gasteiger partial charge in [-0.2, -0.15) is 0 Å². The smallest absolute Gasteiger partial charge is 0.171 e. The summed E-state index contributed by atoms with van der Waals surface area (Å²) in [6, 6.07) is 10.7. The number of rotatable bonds is 6. The van der Waals surface area contributed by atoms with Crippen molar-refractivity contribution in [1.29, 1.82) is 0 Å². The van der Waals surface area contributed by atoms with E-state index in [1.807, 2.05) is 37.2 Å². The highest BCUT2D eigenvalue weighted by atomic mass is 19.1. The molecule has 0 saturated carbocycles. The van der Waals surface area contributed by atoms with E-state index in [1.165, 1.54) is 6.07 Å². The van der Waals surface area contributed by atoms with Crippen LogP contribution in [0.2, 0.25) is 0 Å². The third-order valence-electron chi connectivity index (χ3n) is 5.99. The van der Waals surface area contributed by atoms with Crippen LogP contribution in [-0.2, 0) is 18.7 Å². The number of aromatic nitrogens is 1. The van der Waals surface area contributed by atoms with Crippen LogP contribution in [0.5, 0.6) is 5.75 Å². The molecule has 3 aromatic rings. The first kappa shape index (κ1) is 24.6. The normalized spacial score (nSPS) is 14.1. The van der Waals surface area contributed by atoms with Gasteiger partial charge in [0.05, 0.1) is 12.1 Å². The molecule has 0 saturated heterocycles. The van der Waals surface area contributed by atoms with Crippen LogP contribution in [0, 0.1) is 5.82 Å². The van der Waals surface area contributed by atoms with Gasteiger partial charge in [0.15, 0.2) is 5.75 Å². The maximum absolute atomic E-state index is 15.7. The van der Waals surface area contributed by atoms with Crippen molar-refractivity contribution in [2.45, 2.75) is 32.5 Å². The molecule has 2 heterocycles. The summed E-state index contributed by atoms with van der Waals surface area (Å²) in [6.07, 6.45) is 3.35. The zero-order valence-corrected chi connectivity index (χ0v) is 20.6. The molecule has 2 aromatic carbocycles. The van der Waals surface area contributed by atoms with E-state index in [0.717, 1.165) is 16.9 Å². The van der Waals surface area contributed by atoms with Crippen LogP contribution in [0.25, 0.3) is 11.1 Å². The highest BCUT2D eigenvalue weighted by Gasteiger charge is 2.25. The van der Waals surface area contributed by atoms with Gasteiger partial charge < -0.3 is 20.6 Å². The molecule has 0 aliphatic carbocycles. The van der Waals surface area contributed by atoms with Gasteiger partial charge in [-0.3, -0.25) is 9.98 Å². The summed E-state index contributed by atoms with van der Waals surface area (Å²) in [5.41, 5.74) is 13.2. The number of benzene rings is 2. The number of nitrogens with two attached hydrogens (primary N) is 1. The van der Waals surface area contributed by atoms with Crippen molar-refractivity contribution in [1.82, 2.24) is 15.6 Å². The third-order valence-corrected chi connectivity index (χ3v) is 5.99. The molecule has 0 spiro atoms. The van der Waals surface area contributed by atoms with Crippen molar-refractivity contribution >= 4 is 17.6 Å². The number of hydrazine groups is 1. The zero-order chi connectivity index (χ0) is 25.3. The second-order valence-electron chi connectivity index (χ2n) is 9.28. The van der Waals surface area contributed by atoms with Gasteiger partial charge in [-0.05, 0) is 49.2 Å². The number of nitrogens with one attached hydrogen (secondary N) is 1. The van der Waals surface area contributed by atoms with Gasteiger partial charge in [0.25, 0.3) is 0 Å². The average Bonchev–Trinajstić information content (AvgIpc) is 2.80. The molecule has 0 radical (unpaired) electrons. The van der Waals surface area contributed by atoms with Crippen LogP contribution in [0.1, 0.15) is 36.2 Å². The molecule has 35 heavy (non-hydrogen) atoms. The molecule has 4 rings (SSSR count). The fraction of sp³-hybridized carbons (Fsp3) is 0.308. The van der Waals surface area contributed by atoms with Crippen LogP contribution in [0.3, 0.4) is 0 Å². The van der Waals surface area contributed by atoms with E-state index < -0.39 is 5.60 Å². The van der Waals surface area contributed by atoms with Gasteiger partial charge in [-0.15, -0.1) is 0 Å². The van der Waals surface area contributed by atoms with E-state index in [2.05, 4.69) is 15.6 Å². The summed E-state index contributed by atoms with van der Waals surface area (Å²) in [5, 5.41) is 12.3. The Bertz CT molecular complexity index is 1270. The average molecular weight is 479 g/mol. The fourth-order valence-electron chi connectivity index (χ4n) is 4.26. The van der Waals surface area contributed by atoms with Crippen molar-refractivity contribution in [3.05, 3.63) is 70.8 Å². The van der Waals surface area contributed by atoms with E-state index in [9.17, 15) is 5.11 Å². The zero-order valence-electron chi connectivity index (χ0n) is 20.6. The van der Waals surface area contributed by atoms with Crippen LogP contribution in [0.4, 0.5) is 15.8 Å². The van der Waals surface area contributed by atoms with Gasteiger partial charge in [0.2, 0.25) is 0 Å². The summed E-state index contributed by atoms with van der Waals surface area (Å²) >= 11 is 0. The molecule has 1 aliphatic rings. The number of hydrogen-bond acceptors (Lipinski definition) is 8. The molecule has 0 bridgehead atoms. The number of pyridine rings is 1. The molecule has 4 N–H and O–H groups in total. The van der Waals surface area contributed by atoms with E-state index in [0.29, 0.717) is 40.2 Å². The number of nitrogens with zero attached hydrogens (tertiary/aromatic N) is 4. The van der Waals surface area contributed by atoms with Crippen LogP contribution >= 0.6 is 0 Å². The first-order valence-corrected chi connectivity index (χ1v) is 11.3. The first-order valence-electron chi connectivity index (χ1n) is 11.3. The largest absolute Gasteiger partial charge is 0.398 e. The lowest BCUT2D eigenvalue weighted by Gasteiger charge is -2.30. The predicted octanol–water partition coefficient (Wildman–Crippen LogP) is 3.63. The molecule has 0 fully saturated rings. The predicted molar refractivity (Wildman–Crippen MR) is 137 cm³/mol. The number of fused-ring (bicyclic) bond motifs is 1. The van der Waals surface area contributed by atoms with Crippen LogP contribution < -0.4 is 21.1 Å². The quantitative estimate of drug-likeness (QED) is 0.368. The SMILES string of the molecule is CN=Cc1c(-c2cc(F)c(CN3Cc4ncccc4ON3)c(N(C)C)c2)ccc(C(C)(C)O)c1N. The number of aliphatic hydroxyl groups is 1. The Morgan fingerprint density at radius 1 is 1.31 bits per heavy atom. The van der Waals surface area contributed by atoms with E-state index in [-0.39, 0.29) is 12.4 Å². The summed E-state index contributed by atoms with van der Waals surface area (Å²) in [7, 11) is 5.40. The number of hydrogen-bond donors (Lipinski definition) is 3. The number of nitrogen functional groups attached to an aromatic ring is 1. The van der Waals surface area contributed by atoms with Crippen molar-refractivity contribution in [2.24, 2.45) is 4.99 Å². The minimum absolute atomic E-state index is 0.263. The van der Waals surface area contributed by atoms with Crippen LogP contribution in [0.15, 0.2) is 47.6 Å². The Labute approximate surface area is 204 Å². The topological polar surface area (TPSA) is 99.2 Å². The minimum Gasteiger partial charge on any atom is -0.398 e. The van der Waals surface area contributed by atoms with E-state index in [1.54, 1.807) is 50.4 Å². The van der Waals surface area contributed by atoms with E-state index in [4.69, 9.17) is 10.6 Å². The molecule has 0 unspecified atom stereocenters. The first-order chi connectivity index (χ1) is 16.6. The van der Waals surface area contributed by atoms with E-state index >= 15 is 4.39 Å². The number of anilines is 2. The van der Waals surface area contributed by atoms with Gasteiger partial charge in [-0.25, -0.2) is 9.40 Å². The number of aliphatic imine (C=N–C) groups is 1. The second-order valence-corrected chi connectivity index (χ2v) is 9.28. The van der Waals surface area contributed by atoms with Crippen molar-refractivity contribution in [3.63, 3.8) is 0 Å². The summed E-state index contributed by atoms with van der Waals surface area (Å²) < 4.78 is 15.7. The van der Waals surface area contributed by atoms with Gasteiger partial charge >= 0.3 is 0 Å². The standard InChI is InChI=1S/C26H31FN6O2/c1-26(2,34)20-9-8-17(18(13-29-3)25(20)28)16-11-21(27)19(23(12-16)32(4)5)14-33-15-22-24(35-31-33)7-6-10-30-22/h6-13,31,34H,14-15,28H2,1-5H3. The molecular formula is C26H31FN6O2. The van der Waals surface area contributed by atoms with Gasteiger partial charge in [0, 0.05) is 68.2 Å². The minimum atomic E-state index is -1.13. The Balaban J connectivity index is 1.75.